The molecule has 1 aliphatic rings. The van der Waals surface area contributed by atoms with Gasteiger partial charge < -0.3 is 15.7 Å². The third-order valence-corrected chi connectivity index (χ3v) is 5.15. The summed E-state index contributed by atoms with van der Waals surface area (Å²) in [6, 6.07) is 7.63. The van der Waals surface area contributed by atoms with Gasteiger partial charge >= 0.3 is 6.03 Å². The molecule has 0 aliphatic heterocycles. The van der Waals surface area contributed by atoms with Crippen molar-refractivity contribution in [2.75, 3.05) is 18.2 Å². The highest BCUT2D eigenvalue weighted by Gasteiger charge is 2.42. The Kier molecular flexibility index (Phi) is 5.17. The van der Waals surface area contributed by atoms with E-state index < -0.39 is 5.54 Å². The second-order valence-electron chi connectivity index (χ2n) is 5.93. The molecule has 2 atom stereocenters. The van der Waals surface area contributed by atoms with Gasteiger partial charge in [0.25, 0.3) is 0 Å². The van der Waals surface area contributed by atoms with Crippen LogP contribution in [-0.4, -0.2) is 29.5 Å². The van der Waals surface area contributed by atoms with Gasteiger partial charge in [0.2, 0.25) is 0 Å². The zero-order valence-electron chi connectivity index (χ0n) is 12.8. The van der Waals surface area contributed by atoms with Crippen molar-refractivity contribution >= 4 is 23.5 Å². The summed E-state index contributed by atoms with van der Waals surface area (Å²) in [5.41, 5.74) is 1.45. The van der Waals surface area contributed by atoms with Crippen molar-refractivity contribution in [1.82, 2.24) is 5.32 Å². The molecular formula is C16H24N2O2S. The minimum Gasteiger partial charge on any atom is -0.394 e. The Bertz CT molecular complexity index is 505. The maximum absolute atomic E-state index is 12.1. The topological polar surface area (TPSA) is 61.4 Å². The van der Waals surface area contributed by atoms with Crippen molar-refractivity contribution in [2.24, 2.45) is 5.92 Å². The van der Waals surface area contributed by atoms with Gasteiger partial charge in [0.1, 0.15) is 0 Å². The quantitative estimate of drug-likeness (QED) is 0.755. The molecule has 0 radical (unpaired) electrons. The number of carbonyl (C=O) groups is 1. The maximum atomic E-state index is 12.1. The summed E-state index contributed by atoms with van der Waals surface area (Å²) in [6.07, 6.45) is 4.20. The second-order valence-corrected chi connectivity index (χ2v) is 7.11. The third-order valence-electron chi connectivity index (χ3n) is 4.17. The molecule has 116 valence electrons. The lowest BCUT2D eigenvalue weighted by molar-refractivity contribution is 0.159. The minimum atomic E-state index is -0.520. The van der Waals surface area contributed by atoms with Crippen LogP contribution in [0.25, 0.3) is 0 Å². The number of benzene rings is 1. The summed E-state index contributed by atoms with van der Waals surface area (Å²) in [5, 5.41) is 15.7. The van der Waals surface area contributed by atoms with E-state index in [1.54, 1.807) is 11.8 Å². The van der Waals surface area contributed by atoms with Crippen LogP contribution >= 0.6 is 11.8 Å². The Labute approximate surface area is 130 Å². The molecule has 3 N–H and O–H groups in total. The van der Waals surface area contributed by atoms with E-state index in [0.717, 1.165) is 18.5 Å². The molecule has 2 rings (SSSR count). The lowest BCUT2D eigenvalue weighted by Crippen LogP contribution is -2.52. The first kappa shape index (κ1) is 16.2. The van der Waals surface area contributed by atoms with Crippen LogP contribution < -0.4 is 10.6 Å². The van der Waals surface area contributed by atoms with Crippen LogP contribution in [0.5, 0.6) is 0 Å². The van der Waals surface area contributed by atoms with Gasteiger partial charge in [-0.05, 0) is 56.6 Å². The molecule has 1 saturated carbocycles. The van der Waals surface area contributed by atoms with E-state index in [1.165, 1.54) is 5.56 Å². The lowest BCUT2D eigenvalue weighted by atomic mass is 9.97. The van der Waals surface area contributed by atoms with Crippen molar-refractivity contribution in [3.05, 3.63) is 29.8 Å². The molecule has 2 amide bonds. The highest BCUT2D eigenvalue weighted by Crippen LogP contribution is 2.39. The number of aliphatic hydroxyl groups excluding tert-OH is 1. The average molecular weight is 308 g/mol. The molecule has 0 aromatic heterocycles. The highest BCUT2D eigenvalue weighted by molar-refractivity contribution is 7.98. The smallest absolute Gasteiger partial charge is 0.319 e. The molecule has 0 heterocycles. The first-order chi connectivity index (χ1) is 9.98. The monoisotopic (exact) mass is 308 g/mol. The molecule has 21 heavy (non-hydrogen) atoms. The van der Waals surface area contributed by atoms with Crippen LogP contribution in [0, 0.1) is 5.92 Å². The summed E-state index contributed by atoms with van der Waals surface area (Å²) in [6.45, 7) is 4.00. The van der Waals surface area contributed by atoms with E-state index in [2.05, 4.69) is 29.9 Å². The lowest BCUT2D eigenvalue weighted by Gasteiger charge is -2.28. The normalized spacial score (nSPS) is 18.7. The molecule has 0 spiro atoms. The third kappa shape index (κ3) is 4.14. The Morgan fingerprint density at radius 2 is 2.24 bits per heavy atom. The van der Waals surface area contributed by atoms with Crippen LogP contribution in [0.15, 0.2) is 24.3 Å². The summed E-state index contributed by atoms with van der Waals surface area (Å²) in [5.74, 6) is 0.385. The molecule has 5 heteroatoms. The Hall–Kier alpha value is -1.20. The number of nitrogens with one attached hydrogen (secondary N) is 2. The fourth-order valence-electron chi connectivity index (χ4n) is 2.42. The van der Waals surface area contributed by atoms with Gasteiger partial charge in [0.15, 0.2) is 0 Å². The molecule has 0 bridgehead atoms. The van der Waals surface area contributed by atoms with Crippen molar-refractivity contribution in [1.29, 1.82) is 0 Å². The van der Waals surface area contributed by atoms with Crippen LogP contribution in [0.1, 0.15) is 37.5 Å². The molecule has 1 aromatic carbocycles. The maximum Gasteiger partial charge on any atom is 0.319 e. The van der Waals surface area contributed by atoms with Gasteiger partial charge in [-0.25, -0.2) is 4.79 Å². The number of urea groups is 1. The SMILES string of the molecule is CSC(C)c1cccc(NC(=O)NC(C)(CO)C2CC2)c1. The first-order valence-electron chi connectivity index (χ1n) is 7.31. The number of rotatable bonds is 6. The van der Waals surface area contributed by atoms with E-state index in [-0.39, 0.29) is 12.6 Å². The number of aliphatic hydroxyl groups is 1. The van der Waals surface area contributed by atoms with Crippen LogP contribution in [0.2, 0.25) is 0 Å². The molecule has 4 nitrogen and oxygen atoms in total. The standard InChI is InChI=1S/C16H24N2O2S/c1-11(21-3)12-5-4-6-14(9-12)17-15(20)18-16(2,10-19)13-7-8-13/h4-6,9,11,13,19H,7-8,10H2,1-3H3,(H2,17,18,20). The largest absolute Gasteiger partial charge is 0.394 e. The van der Waals surface area contributed by atoms with Crippen molar-refractivity contribution in [2.45, 2.75) is 37.5 Å². The number of hydrogen-bond donors (Lipinski definition) is 3. The minimum absolute atomic E-state index is 0.0331. The molecule has 1 aromatic rings. The predicted molar refractivity (Wildman–Crippen MR) is 88.7 cm³/mol. The summed E-state index contributed by atoms with van der Waals surface area (Å²) < 4.78 is 0. The van der Waals surface area contributed by atoms with Gasteiger partial charge in [-0.1, -0.05) is 12.1 Å². The number of hydrogen-bond acceptors (Lipinski definition) is 3. The van der Waals surface area contributed by atoms with E-state index in [1.807, 2.05) is 25.1 Å². The van der Waals surface area contributed by atoms with Crippen molar-refractivity contribution in [3.63, 3.8) is 0 Å². The van der Waals surface area contributed by atoms with Gasteiger partial charge in [-0.3, -0.25) is 0 Å². The van der Waals surface area contributed by atoms with Crippen LogP contribution in [0.3, 0.4) is 0 Å². The van der Waals surface area contributed by atoms with E-state index in [0.29, 0.717) is 11.2 Å². The summed E-state index contributed by atoms with van der Waals surface area (Å²) in [7, 11) is 0. The van der Waals surface area contributed by atoms with Crippen LogP contribution in [-0.2, 0) is 0 Å². The number of thioether (sulfide) groups is 1. The number of anilines is 1. The summed E-state index contributed by atoms with van der Waals surface area (Å²) in [4.78, 5) is 12.1. The van der Waals surface area contributed by atoms with Gasteiger partial charge in [0.05, 0.1) is 12.1 Å². The zero-order valence-corrected chi connectivity index (χ0v) is 13.7. The Morgan fingerprint density at radius 1 is 1.52 bits per heavy atom. The molecule has 1 fully saturated rings. The molecule has 1 aliphatic carbocycles. The first-order valence-corrected chi connectivity index (χ1v) is 8.60. The van der Waals surface area contributed by atoms with E-state index in [4.69, 9.17) is 0 Å². The zero-order chi connectivity index (χ0) is 15.5. The Morgan fingerprint density at radius 3 is 2.81 bits per heavy atom. The number of carbonyl (C=O) groups excluding carboxylic acids is 1. The summed E-state index contributed by atoms with van der Waals surface area (Å²) >= 11 is 1.77. The fraction of sp³-hybridized carbons (Fsp3) is 0.562. The average Bonchev–Trinajstić information content (AvgIpc) is 3.31. The highest BCUT2D eigenvalue weighted by atomic mass is 32.2. The van der Waals surface area contributed by atoms with Gasteiger partial charge in [-0.15, -0.1) is 0 Å². The van der Waals surface area contributed by atoms with Crippen molar-refractivity contribution in [3.8, 4) is 0 Å². The fourth-order valence-corrected chi connectivity index (χ4v) is 2.84. The van der Waals surface area contributed by atoms with E-state index in [9.17, 15) is 9.90 Å². The Balaban J connectivity index is 1.99. The van der Waals surface area contributed by atoms with Crippen molar-refractivity contribution < 1.29 is 9.90 Å². The predicted octanol–water partition coefficient (Wildman–Crippen LogP) is 3.39. The number of amides is 2. The molecule has 0 saturated heterocycles. The van der Waals surface area contributed by atoms with Gasteiger partial charge in [0, 0.05) is 10.9 Å². The van der Waals surface area contributed by atoms with E-state index >= 15 is 0 Å². The molecule has 2 unspecified atom stereocenters. The molecular weight excluding hydrogens is 284 g/mol. The second kappa shape index (κ2) is 6.71. The van der Waals surface area contributed by atoms with Gasteiger partial charge in [-0.2, -0.15) is 11.8 Å². The van der Waals surface area contributed by atoms with Crippen LogP contribution in [0.4, 0.5) is 10.5 Å².